The third kappa shape index (κ3) is 6.84. The molecule has 14 heavy (non-hydrogen) atoms. The van der Waals surface area contributed by atoms with Crippen LogP contribution in [-0.2, 0) is 20.7 Å². The summed E-state index contributed by atoms with van der Waals surface area (Å²) in [4.78, 5) is 19.1. The predicted octanol–water partition coefficient (Wildman–Crippen LogP) is 1.10. The molecule has 1 aromatic carbocycles. The van der Waals surface area contributed by atoms with Gasteiger partial charge in [0.25, 0.3) is 6.47 Å². The highest BCUT2D eigenvalue weighted by Crippen LogP contribution is 1.98. The van der Waals surface area contributed by atoms with Crippen LogP contribution < -0.4 is 0 Å². The molecular weight excluding hydrogens is 184 g/mol. The topological polar surface area (TPSA) is 63.6 Å². The van der Waals surface area contributed by atoms with E-state index < -0.39 is 5.97 Å². The zero-order valence-electron chi connectivity index (χ0n) is 7.84. The zero-order valence-corrected chi connectivity index (χ0v) is 7.84. The number of carboxylic acid groups (broad SMARTS) is 1. The summed E-state index contributed by atoms with van der Waals surface area (Å²) in [5.74, 6) is -0.786. The van der Waals surface area contributed by atoms with Gasteiger partial charge in [-0.3, -0.25) is 9.59 Å². The molecule has 0 heterocycles. The fourth-order valence-corrected chi connectivity index (χ4v) is 0.770. The van der Waals surface area contributed by atoms with Crippen molar-refractivity contribution in [1.29, 1.82) is 0 Å². The van der Waals surface area contributed by atoms with Crippen molar-refractivity contribution >= 4 is 12.4 Å². The van der Waals surface area contributed by atoms with E-state index in [1.165, 1.54) is 7.11 Å². The lowest BCUT2D eigenvalue weighted by Gasteiger charge is -1.92. The molecule has 0 aromatic heterocycles. The maximum atomic E-state index is 10.2. The number of ether oxygens (including phenoxy) is 1. The van der Waals surface area contributed by atoms with Crippen molar-refractivity contribution in [2.24, 2.45) is 0 Å². The summed E-state index contributed by atoms with van der Waals surface area (Å²) in [5.41, 5.74) is 0.843. The van der Waals surface area contributed by atoms with E-state index in [0.717, 1.165) is 5.56 Å². The highest BCUT2D eigenvalue weighted by atomic mass is 16.5. The van der Waals surface area contributed by atoms with E-state index in [9.17, 15) is 4.79 Å². The van der Waals surface area contributed by atoms with Crippen molar-refractivity contribution in [3.63, 3.8) is 0 Å². The number of carbonyl (C=O) groups excluding carboxylic acids is 1. The minimum Gasteiger partial charge on any atom is -0.481 e. The van der Waals surface area contributed by atoms with Gasteiger partial charge in [0.05, 0.1) is 13.5 Å². The predicted molar refractivity (Wildman–Crippen MR) is 50.9 cm³/mol. The maximum absolute atomic E-state index is 10.2. The number of rotatable bonds is 3. The second kappa shape index (κ2) is 7.79. The van der Waals surface area contributed by atoms with Gasteiger partial charge in [0.1, 0.15) is 0 Å². The van der Waals surface area contributed by atoms with Crippen molar-refractivity contribution in [3.8, 4) is 0 Å². The first kappa shape index (κ1) is 12.2. The molecule has 0 fully saturated rings. The van der Waals surface area contributed by atoms with E-state index in [0.29, 0.717) is 6.47 Å². The molecule has 4 heteroatoms. The van der Waals surface area contributed by atoms with Gasteiger partial charge in [0.2, 0.25) is 0 Å². The summed E-state index contributed by atoms with van der Waals surface area (Å²) in [6.07, 6.45) is 0.112. The molecule has 0 atom stereocenters. The lowest BCUT2D eigenvalue weighted by Crippen LogP contribution is -1.98. The second-order valence-electron chi connectivity index (χ2n) is 2.39. The van der Waals surface area contributed by atoms with Gasteiger partial charge in [0, 0.05) is 0 Å². The molecule has 0 bridgehead atoms. The van der Waals surface area contributed by atoms with Gasteiger partial charge in [-0.2, -0.15) is 0 Å². The fourth-order valence-electron chi connectivity index (χ4n) is 0.770. The molecule has 0 saturated heterocycles. The standard InChI is InChI=1S/C8H8O2.C2H4O2/c9-8(10)6-7-4-2-1-3-5-7;1-4-2-3/h1-5H,6H2,(H,9,10);2H,1H3. The van der Waals surface area contributed by atoms with Crippen LogP contribution in [0.5, 0.6) is 0 Å². The van der Waals surface area contributed by atoms with Crippen LogP contribution in [-0.4, -0.2) is 24.7 Å². The SMILES string of the molecule is COC=O.O=C(O)Cc1ccccc1. The number of carbonyl (C=O) groups is 2. The summed E-state index contributed by atoms with van der Waals surface area (Å²) >= 11 is 0. The van der Waals surface area contributed by atoms with Gasteiger partial charge >= 0.3 is 5.97 Å². The Hall–Kier alpha value is -1.84. The first-order valence-electron chi connectivity index (χ1n) is 3.93. The normalized spacial score (nSPS) is 8.07. The van der Waals surface area contributed by atoms with Gasteiger partial charge in [-0.1, -0.05) is 30.3 Å². The van der Waals surface area contributed by atoms with Crippen LogP contribution in [0.3, 0.4) is 0 Å². The Morgan fingerprint density at radius 3 is 2.29 bits per heavy atom. The van der Waals surface area contributed by atoms with Crippen molar-refractivity contribution in [1.82, 2.24) is 0 Å². The Balaban J connectivity index is 0.000000364. The molecule has 0 radical (unpaired) electrons. The molecule has 1 aromatic rings. The Morgan fingerprint density at radius 2 is 1.93 bits per heavy atom. The summed E-state index contributed by atoms with van der Waals surface area (Å²) in [6.45, 7) is 0.375. The number of benzene rings is 1. The van der Waals surface area contributed by atoms with E-state index in [2.05, 4.69) is 4.74 Å². The van der Waals surface area contributed by atoms with Crippen LogP contribution in [0.2, 0.25) is 0 Å². The van der Waals surface area contributed by atoms with Gasteiger partial charge in [-0.25, -0.2) is 0 Å². The van der Waals surface area contributed by atoms with E-state index in [1.54, 1.807) is 12.1 Å². The number of aliphatic carboxylic acids is 1. The van der Waals surface area contributed by atoms with Crippen LogP contribution in [0.4, 0.5) is 0 Å². The minimum atomic E-state index is -0.786. The number of hydrogen-bond acceptors (Lipinski definition) is 3. The first-order chi connectivity index (χ1) is 6.70. The Bertz CT molecular complexity index is 269. The molecule has 0 aliphatic rings. The van der Waals surface area contributed by atoms with Gasteiger partial charge < -0.3 is 9.84 Å². The molecule has 1 rings (SSSR count). The third-order valence-corrected chi connectivity index (χ3v) is 1.29. The fraction of sp³-hybridized carbons (Fsp3) is 0.200. The zero-order chi connectivity index (χ0) is 10.8. The van der Waals surface area contributed by atoms with Gasteiger partial charge in [-0.05, 0) is 5.56 Å². The van der Waals surface area contributed by atoms with Crippen LogP contribution in [0.1, 0.15) is 5.56 Å². The largest absolute Gasteiger partial charge is 0.481 e. The molecular formula is C10H12O4. The Kier molecular flexibility index (Phi) is 6.77. The van der Waals surface area contributed by atoms with Crippen LogP contribution in [0, 0.1) is 0 Å². The lowest BCUT2D eigenvalue weighted by atomic mass is 10.2. The van der Waals surface area contributed by atoms with E-state index in [4.69, 9.17) is 9.90 Å². The average molecular weight is 196 g/mol. The Labute approximate surface area is 82.1 Å². The molecule has 0 spiro atoms. The maximum Gasteiger partial charge on any atom is 0.307 e. The second-order valence-corrected chi connectivity index (χ2v) is 2.39. The monoisotopic (exact) mass is 196 g/mol. The third-order valence-electron chi connectivity index (χ3n) is 1.29. The molecule has 0 aliphatic heterocycles. The first-order valence-corrected chi connectivity index (χ1v) is 3.93. The van der Waals surface area contributed by atoms with Gasteiger partial charge in [0.15, 0.2) is 0 Å². The molecule has 0 saturated carbocycles. The van der Waals surface area contributed by atoms with Gasteiger partial charge in [-0.15, -0.1) is 0 Å². The van der Waals surface area contributed by atoms with E-state index in [1.807, 2.05) is 18.2 Å². The summed E-state index contributed by atoms with van der Waals surface area (Å²) < 4.78 is 3.86. The average Bonchev–Trinajstić information content (AvgIpc) is 2.19. The quantitative estimate of drug-likeness (QED) is 0.735. The summed E-state index contributed by atoms with van der Waals surface area (Å²) in [5, 5.41) is 8.37. The van der Waals surface area contributed by atoms with Crippen molar-refractivity contribution < 1.29 is 19.4 Å². The molecule has 0 unspecified atom stereocenters. The highest BCUT2D eigenvalue weighted by Gasteiger charge is 1.96. The molecule has 0 amide bonds. The minimum absolute atomic E-state index is 0.112. The van der Waals surface area contributed by atoms with Crippen LogP contribution >= 0.6 is 0 Å². The number of carboxylic acids is 1. The summed E-state index contributed by atoms with van der Waals surface area (Å²) in [6, 6.07) is 9.13. The Morgan fingerprint density at radius 1 is 1.43 bits per heavy atom. The number of methoxy groups -OCH3 is 1. The van der Waals surface area contributed by atoms with E-state index >= 15 is 0 Å². The van der Waals surface area contributed by atoms with Crippen LogP contribution in [0.25, 0.3) is 0 Å². The molecule has 0 aliphatic carbocycles. The molecule has 1 N–H and O–H groups in total. The lowest BCUT2D eigenvalue weighted by molar-refractivity contribution is -0.136. The van der Waals surface area contributed by atoms with Crippen molar-refractivity contribution in [3.05, 3.63) is 35.9 Å². The van der Waals surface area contributed by atoms with Crippen molar-refractivity contribution in [2.45, 2.75) is 6.42 Å². The van der Waals surface area contributed by atoms with E-state index in [-0.39, 0.29) is 6.42 Å². The van der Waals surface area contributed by atoms with Crippen molar-refractivity contribution in [2.75, 3.05) is 7.11 Å². The smallest absolute Gasteiger partial charge is 0.307 e. The summed E-state index contributed by atoms with van der Waals surface area (Å²) in [7, 11) is 1.31. The molecule has 4 nitrogen and oxygen atoms in total. The highest BCUT2D eigenvalue weighted by molar-refractivity contribution is 5.70. The number of hydrogen-bond donors (Lipinski definition) is 1. The molecule has 76 valence electrons. The van der Waals surface area contributed by atoms with Crippen LogP contribution in [0.15, 0.2) is 30.3 Å².